The topological polar surface area (TPSA) is 166 Å². The van der Waals surface area contributed by atoms with Crippen molar-refractivity contribution in [2.24, 2.45) is 5.14 Å². The van der Waals surface area contributed by atoms with Gasteiger partial charge in [0, 0.05) is 30.6 Å². The van der Waals surface area contributed by atoms with Crippen molar-refractivity contribution in [3.05, 3.63) is 76.2 Å². The molecule has 0 aliphatic carbocycles. The molecule has 0 atom stereocenters. The summed E-state index contributed by atoms with van der Waals surface area (Å²) in [7, 11) is -3.76. The molecule has 2 aromatic heterocycles. The molecule has 0 spiro atoms. The number of hydrogen-bond donors (Lipinski definition) is 3. The summed E-state index contributed by atoms with van der Waals surface area (Å²) in [6, 6.07) is 10.3. The second-order valence-electron chi connectivity index (χ2n) is 7.02. The average Bonchev–Trinajstić information content (AvgIpc) is 3.08. The molecule has 0 radical (unpaired) electrons. The van der Waals surface area contributed by atoms with E-state index in [1.807, 2.05) is 0 Å². The Morgan fingerprint density at radius 1 is 1.22 bits per heavy atom. The first-order valence-corrected chi connectivity index (χ1v) is 10.9. The van der Waals surface area contributed by atoms with E-state index in [-0.39, 0.29) is 4.90 Å². The number of phenolic OH excluding ortho intramolecular Hbond substituents is 1. The number of imidazole rings is 1. The van der Waals surface area contributed by atoms with Crippen LogP contribution in [0.25, 0.3) is 16.9 Å². The minimum atomic E-state index is -3.76. The number of phenols is 1. The van der Waals surface area contributed by atoms with Crippen LogP contribution in [-0.4, -0.2) is 32.8 Å². The third kappa shape index (κ3) is 3.96. The van der Waals surface area contributed by atoms with E-state index in [1.54, 1.807) is 41.9 Å². The summed E-state index contributed by atoms with van der Waals surface area (Å²) in [5.41, 5.74) is 2.70. The van der Waals surface area contributed by atoms with Gasteiger partial charge < -0.3 is 10.4 Å². The molecule has 4 rings (SSSR count). The summed E-state index contributed by atoms with van der Waals surface area (Å²) in [6.45, 7) is 2.13. The molecule has 4 N–H and O–H groups in total. The molecule has 4 aromatic rings. The third-order valence-corrected chi connectivity index (χ3v) is 5.80. The normalized spacial score (nSPS) is 11.6. The summed E-state index contributed by atoms with van der Waals surface area (Å²) in [6.07, 6.45) is 3.26. The smallest absolute Gasteiger partial charge is 0.311 e. The van der Waals surface area contributed by atoms with Crippen molar-refractivity contribution in [2.45, 2.75) is 18.4 Å². The van der Waals surface area contributed by atoms with Gasteiger partial charge in [0.25, 0.3) is 0 Å². The first kappa shape index (κ1) is 21.2. The van der Waals surface area contributed by atoms with E-state index in [0.717, 1.165) is 5.56 Å². The summed E-state index contributed by atoms with van der Waals surface area (Å²) in [5, 5.41) is 29.2. The Labute approximate surface area is 182 Å². The standard InChI is InChI=1S/C20H18N6O5S/c1-12-18(14-4-7-17(27)16(10-14)26(28)29)25-9-8-22-19(20(25)24-12)23-11-13-2-5-15(6-3-13)32(21,30)31/h2-10,27H,11H2,1H3,(H,22,23)(H2,21,30,31). The predicted molar refractivity (Wildman–Crippen MR) is 117 cm³/mol. The Morgan fingerprint density at radius 3 is 2.59 bits per heavy atom. The molecule has 0 unspecified atom stereocenters. The molecule has 32 heavy (non-hydrogen) atoms. The molecule has 0 aliphatic rings. The number of fused-ring (bicyclic) bond motifs is 1. The van der Waals surface area contributed by atoms with Gasteiger partial charge in [0.05, 0.1) is 21.2 Å². The Bertz CT molecular complexity index is 1450. The zero-order valence-electron chi connectivity index (χ0n) is 16.8. The highest BCUT2D eigenvalue weighted by molar-refractivity contribution is 7.89. The molecular formula is C20H18N6O5S. The molecule has 0 aliphatic heterocycles. The van der Waals surface area contributed by atoms with Crippen LogP contribution in [0.4, 0.5) is 11.5 Å². The van der Waals surface area contributed by atoms with Crippen LogP contribution in [0.3, 0.4) is 0 Å². The average molecular weight is 454 g/mol. The largest absolute Gasteiger partial charge is 0.502 e. The number of nitrogens with one attached hydrogen (secondary N) is 1. The SMILES string of the molecule is Cc1nc2c(NCc3ccc(S(N)(=O)=O)cc3)nccn2c1-c1ccc(O)c([N+](=O)[O-])c1. The van der Waals surface area contributed by atoms with E-state index in [0.29, 0.717) is 35.0 Å². The number of rotatable bonds is 6. The van der Waals surface area contributed by atoms with Crippen LogP contribution in [-0.2, 0) is 16.6 Å². The van der Waals surface area contributed by atoms with Gasteiger partial charge in [-0.05, 0) is 36.8 Å². The number of hydrogen-bond acceptors (Lipinski definition) is 8. The number of benzene rings is 2. The van der Waals surface area contributed by atoms with Crippen molar-refractivity contribution >= 4 is 27.2 Å². The lowest BCUT2D eigenvalue weighted by molar-refractivity contribution is -0.385. The molecule has 0 bridgehead atoms. The zero-order valence-corrected chi connectivity index (χ0v) is 17.6. The van der Waals surface area contributed by atoms with Crippen LogP contribution in [0.15, 0.2) is 59.8 Å². The fraction of sp³-hybridized carbons (Fsp3) is 0.100. The molecule has 11 nitrogen and oxygen atoms in total. The minimum absolute atomic E-state index is 0.0259. The summed E-state index contributed by atoms with van der Waals surface area (Å²) < 4.78 is 24.5. The van der Waals surface area contributed by atoms with Gasteiger partial charge >= 0.3 is 5.69 Å². The molecule has 0 fully saturated rings. The Morgan fingerprint density at radius 2 is 1.94 bits per heavy atom. The predicted octanol–water partition coefficient (Wildman–Crippen LogP) is 2.58. The van der Waals surface area contributed by atoms with Crippen molar-refractivity contribution in [1.29, 1.82) is 0 Å². The first-order valence-electron chi connectivity index (χ1n) is 9.32. The number of aryl methyl sites for hydroxylation is 1. The zero-order chi connectivity index (χ0) is 23.0. The third-order valence-electron chi connectivity index (χ3n) is 4.87. The second-order valence-corrected chi connectivity index (χ2v) is 8.58. The van der Waals surface area contributed by atoms with Crippen molar-refractivity contribution in [3.8, 4) is 17.0 Å². The molecular weight excluding hydrogens is 436 g/mol. The number of anilines is 1. The molecule has 12 heteroatoms. The van der Waals surface area contributed by atoms with Gasteiger partial charge in [0.15, 0.2) is 17.2 Å². The monoisotopic (exact) mass is 454 g/mol. The number of primary sulfonamides is 1. The highest BCUT2D eigenvalue weighted by Crippen LogP contribution is 2.33. The maximum absolute atomic E-state index is 11.4. The van der Waals surface area contributed by atoms with Gasteiger partial charge in [-0.3, -0.25) is 14.5 Å². The Hall–Kier alpha value is -4.03. The number of nitro benzene ring substituents is 1. The number of aromatic hydroxyl groups is 1. The lowest BCUT2D eigenvalue weighted by Gasteiger charge is -2.09. The van der Waals surface area contributed by atoms with Gasteiger partial charge in [0.2, 0.25) is 10.0 Å². The molecule has 2 aromatic carbocycles. The Kier molecular flexibility index (Phi) is 5.24. The molecule has 0 saturated heterocycles. The number of aromatic nitrogens is 3. The minimum Gasteiger partial charge on any atom is -0.502 e. The van der Waals surface area contributed by atoms with E-state index in [2.05, 4.69) is 15.3 Å². The summed E-state index contributed by atoms with van der Waals surface area (Å²) in [4.78, 5) is 19.5. The fourth-order valence-corrected chi connectivity index (χ4v) is 3.88. The van der Waals surface area contributed by atoms with Crippen LogP contribution in [0.1, 0.15) is 11.3 Å². The van der Waals surface area contributed by atoms with Gasteiger partial charge in [-0.25, -0.2) is 23.5 Å². The molecule has 164 valence electrons. The number of nitrogens with zero attached hydrogens (tertiary/aromatic N) is 4. The lowest BCUT2D eigenvalue weighted by atomic mass is 10.1. The maximum Gasteiger partial charge on any atom is 0.311 e. The van der Waals surface area contributed by atoms with Crippen molar-refractivity contribution in [2.75, 3.05) is 5.32 Å². The van der Waals surface area contributed by atoms with E-state index < -0.39 is 26.4 Å². The van der Waals surface area contributed by atoms with E-state index in [4.69, 9.17) is 5.14 Å². The van der Waals surface area contributed by atoms with Crippen LogP contribution in [0.5, 0.6) is 5.75 Å². The number of nitrogens with two attached hydrogens (primary N) is 1. The van der Waals surface area contributed by atoms with Crippen molar-refractivity contribution in [3.63, 3.8) is 0 Å². The number of sulfonamides is 1. The van der Waals surface area contributed by atoms with Crippen molar-refractivity contribution in [1.82, 2.24) is 14.4 Å². The molecule has 2 heterocycles. The molecule has 0 amide bonds. The van der Waals surface area contributed by atoms with E-state index >= 15 is 0 Å². The van der Waals surface area contributed by atoms with Crippen LogP contribution < -0.4 is 10.5 Å². The van der Waals surface area contributed by atoms with Gasteiger partial charge in [-0.2, -0.15) is 0 Å². The van der Waals surface area contributed by atoms with Gasteiger partial charge in [0.1, 0.15) is 0 Å². The van der Waals surface area contributed by atoms with Crippen LogP contribution in [0, 0.1) is 17.0 Å². The van der Waals surface area contributed by atoms with E-state index in [9.17, 15) is 23.6 Å². The van der Waals surface area contributed by atoms with E-state index in [1.165, 1.54) is 24.3 Å². The fourth-order valence-electron chi connectivity index (χ4n) is 3.36. The van der Waals surface area contributed by atoms with Crippen molar-refractivity contribution < 1.29 is 18.4 Å². The highest BCUT2D eigenvalue weighted by Gasteiger charge is 2.19. The van der Waals surface area contributed by atoms with Crippen LogP contribution in [0.2, 0.25) is 0 Å². The van der Waals surface area contributed by atoms with Gasteiger partial charge in [-0.1, -0.05) is 12.1 Å². The van der Waals surface area contributed by atoms with Gasteiger partial charge in [-0.15, -0.1) is 0 Å². The maximum atomic E-state index is 11.4. The number of nitro groups is 1. The second kappa shape index (κ2) is 7.90. The molecule has 0 saturated carbocycles. The summed E-state index contributed by atoms with van der Waals surface area (Å²) >= 11 is 0. The lowest BCUT2D eigenvalue weighted by Crippen LogP contribution is -2.12. The first-order chi connectivity index (χ1) is 15.1. The Balaban J connectivity index is 1.67. The highest BCUT2D eigenvalue weighted by atomic mass is 32.2. The van der Waals surface area contributed by atoms with Crippen LogP contribution >= 0.6 is 0 Å². The quantitative estimate of drug-likeness (QED) is 0.295. The summed E-state index contributed by atoms with van der Waals surface area (Å²) in [5.74, 6) is 0.0633.